The van der Waals surface area contributed by atoms with Gasteiger partial charge in [-0.2, -0.15) is 58.9 Å². The van der Waals surface area contributed by atoms with Gasteiger partial charge in [-0.1, -0.05) is 35.3 Å². The third-order valence-corrected chi connectivity index (χ3v) is 14.3. The smallest absolute Gasteiger partial charge is 0.335 e. The Balaban J connectivity index is 1.41. The predicted molar refractivity (Wildman–Crippen MR) is 286 cm³/mol. The van der Waals surface area contributed by atoms with E-state index in [1.807, 2.05) is 0 Å². The standard InChI is InChI=1S/C45H46Cl2N10O18S4/c1-72-36-13-11-28(19-40(36)78(66,67)68)54-56-32-23-38(74-15-3-5-17-76(60,61)62)34(21-30(32)46)49-44-51-43(48-25-26-7-9-27(10-8-26)42(58)59)52-45(53-44)50-35-22-31(47)33(24-39(35)75-16-4-6-18-77(63,64)65)57-55-29-12-14-37(73-2)41(20-29)79(69,70)71/h7-14,19-24H,3-6,15-18,25H2,1-2H3,(H,58,59)(H,60,61,62)(H,63,64,65)(H,66,67,68)(H,69,70,71)(H3,48,49,50,51,52,53). The molecule has 28 nitrogen and oxygen atoms in total. The van der Waals surface area contributed by atoms with E-state index in [0.29, 0.717) is 5.56 Å². The van der Waals surface area contributed by atoms with Gasteiger partial charge in [-0.05, 0) is 91.9 Å². The fraction of sp³-hybridized carbons (Fsp3) is 0.244. The fourth-order valence-electron chi connectivity index (χ4n) is 6.65. The largest absolute Gasteiger partial charge is 0.495 e. The van der Waals surface area contributed by atoms with Crippen molar-refractivity contribution in [1.29, 1.82) is 0 Å². The first-order valence-electron chi connectivity index (χ1n) is 22.5. The molecule has 0 aliphatic rings. The number of aromatic nitrogens is 3. The van der Waals surface area contributed by atoms with Crippen LogP contribution < -0.4 is 34.9 Å². The summed E-state index contributed by atoms with van der Waals surface area (Å²) in [6.45, 7) is -0.219. The Morgan fingerprint density at radius 2 is 0.962 bits per heavy atom. The number of anilines is 5. The number of halogens is 2. The minimum absolute atomic E-state index is 0.00340. The van der Waals surface area contributed by atoms with Crippen LogP contribution in [0.5, 0.6) is 23.0 Å². The number of carboxylic acid groups (broad SMARTS) is 1. The molecule has 0 unspecified atom stereocenters. The molecule has 0 radical (unpaired) electrons. The molecule has 0 spiro atoms. The zero-order valence-electron chi connectivity index (χ0n) is 41.0. The van der Waals surface area contributed by atoms with Crippen molar-refractivity contribution in [2.24, 2.45) is 20.5 Å². The van der Waals surface area contributed by atoms with Crippen molar-refractivity contribution in [1.82, 2.24) is 15.0 Å². The maximum Gasteiger partial charge on any atom is 0.335 e. The Morgan fingerprint density at radius 1 is 0.544 bits per heavy atom. The van der Waals surface area contributed by atoms with E-state index in [4.69, 9.17) is 42.1 Å². The SMILES string of the molecule is COc1ccc(N=Nc2cc(OCCCCS(=O)(=O)O)c(Nc3nc(NCc4ccc(C(=O)O)cc4)nc(Nc4cc(Cl)c(N=Nc5ccc(OC)c(S(=O)(=O)O)c5)cc4OCCCCS(=O)(=O)O)n3)cc2Cl)cc1S(=O)(=O)O. The number of nitrogens with one attached hydrogen (secondary N) is 3. The molecule has 0 atom stereocenters. The van der Waals surface area contributed by atoms with Crippen LogP contribution in [-0.4, -0.2) is 117 Å². The van der Waals surface area contributed by atoms with E-state index in [9.17, 15) is 61.8 Å². The van der Waals surface area contributed by atoms with Crippen molar-refractivity contribution >= 4 is 122 Å². The van der Waals surface area contributed by atoms with Gasteiger partial charge in [0.1, 0.15) is 44.2 Å². The lowest BCUT2D eigenvalue weighted by molar-refractivity contribution is 0.0696. The van der Waals surface area contributed by atoms with Gasteiger partial charge in [0, 0.05) is 18.7 Å². The van der Waals surface area contributed by atoms with Crippen LogP contribution in [0.25, 0.3) is 0 Å². The number of aromatic carboxylic acids is 1. The van der Waals surface area contributed by atoms with Gasteiger partial charge in [0.2, 0.25) is 17.8 Å². The molecule has 6 rings (SSSR count). The lowest BCUT2D eigenvalue weighted by Crippen LogP contribution is -2.11. The van der Waals surface area contributed by atoms with Crippen LogP contribution in [0.4, 0.5) is 52.0 Å². The lowest BCUT2D eigenvalue weighted by Gasteiger charge is -2.17. The summed E-state index contributed by atoms with van der Waals surface area (Å²) in [6.07, 6.45) is 0.232. The molecule has 6 aromatic rings. The van der Waals surface area contributed by atoms with E-state index in [1.165, 1.54) is 74.9 Å². The number of ether oxygens (including phenoxy) is 4. The molecule has 0 saturated carbocycles. The molecule has 0 aliphatic heterocycles. The summed E-state index contributed by atoms with van der Waals surface area (Å²) in [6, 6.07) is 18.4. The molecule has 422 valence electrons. The number of carboxylic acids is 1. The summed E-state index contributed by atoms with van der Waals surface area (Å²) < 4.78 is 154. The van der Waals surface area contributed by atoms with E-state index in [1.54, 1.807) is 12.1 Å². The first-order chi connectivity index (χ1) is 37.2. The molecule has 34 heteroatoms. The summed E-state index contributed by atoms with van der Waals surface area (Å²) in [5.74, 6) is -3.08. The second-order valence-corrected chi connectivity index (χ2v) is 23.0. The van der Waals surface area contributed by atoms with Gasteiger partial charge in [-0.25, -0.2) is 4.79 Å². The fourth-order valence-corrected chi connectivity index (χ4v) is 9.54. The Bertz CT molecular complexity index is 3540. The maximum atomic E-state index is 12.0. The number of hydrogen-bond donors (Lipinski definition) is 8. The first kappa shape index (κ1) is 60.8. The molecule has 0 bridgehead atoms. The zero-order chi connectivity index (χ0) is 57.7. The van der Waals surface area contributed by atoms with Crippen LogP contribution >= 0.6 is 23.2 Å². The van der Waals surface area contributed by atoms with Crippen molar-refractivity contribution in [3.05, 3.63) is 106 Å². The quantitative estimate of drug-likeness (QED) is 0.0129. The summed E-state index contributed by atoms with van der Waals surface area (Å²) in [5.41, 5.74) is 0.646. The highest BCUT2D eigenvalue weighted by Gasteiger charge is 2.21. The van der Waals surface area contributed by atoms with Gasteiger partial charge in [-0.3, -0.25) is 18.2 Å². The summed E-state index contributed by atoms with van der Waals surface area (Å²) in [7, 11) is -15.7. The highest BCUT2D eigenvalue weighted by Crippen LogP contribution is 2.41. The van der Waals surface area contributed by atoms with E-state index in [0.717, 1.165) is 12.1 Å². The number of benzene rings is 5. The molecule has 0 amide bonds. The molecule has 1 heterocycles. The molecule has 1 aromatic heterocycles. The van der Waals surface area contributed by atoms with Crippen molar-refractivity contribution in [2.45, 2.75) is 42.0 Å². The van der Waals surface area contributed by atoms with E-state index in [2.05, 4.69) is 51.4 Å². The van der Waals surface area contributed by atoms with Gasteiger partial charge in [-0.15, -0.1) is 10.2 Å². The monoisotopic (exact) mass is 1210 g/mol. The van der Waals surface area contributed by atoms with Crippen molar-refractivity contribution in [3.8, 4) is 23.0 Å². The summed E-state index contributed by atoms with van der Waals surface area (Å²) in [4.78, 5) is 23.9. The molecule has 0 fully saturated rings. The maximum absolute atomic E-state index is 12.0. The number of rotatable bonds is 28. The third-order valence-electron chi connectivity index (χ3n) is 10.4. The van der Waals surface area contributed by atoms with Crippen LogP contribution in [0.15, 0.2) is 115 Å². The molecule has 0 aliphatic carbocycles. The molecule has 79 heavy (non-hydrogen) atoms. The molecule has 0 saturated heterocycles. The summed E-state index contributed by atoms with van der Waals surface area (Å²) in [5, 5.41) is 34.7. The molecule has 5 aromatic carbocycles. The summed E-state index contributed by atoms with van der Waals surface area (Å²) >= 11 is 13.4. The minimum Gasteiger partial charge on any atom is -0.495 e. The molecular formula is C45H46Cl2N10O18S4. The van der Waals surface area contributed by atoms with E-state index < -0.39 is 67.7 Å². The highest BCUT2D eigenvalue weighted by molar-refractivity contribution is 7.86. The van der Waals surface area contributed by atoms with E-state index in [-0.39, 0.29) is 136 Å². The predicted octanol–water partition coefficient (Wildman–Crippen LogP) is 9.41. The van der Waals surface area contributed by atoms with Gasteiger partial charge >= 0.3 is 5.97 Å². The molecular weight excluding hydrogens is 1170 g/mol. The van der Waals surface area contributed by atoms with Gasteiger partial charge in [0.25, 0.3) is 40.5 Å². The van der Waals surface area contributed by atoms with E-state index >= 15 is 0 Å². The number of azo groups is 2. The van der Waals surface area contributed by atoms with Crippen molar-refractivity contribution in [3.63, 3.8) is 0 Å². The van der Waals surface area contributed by atoms with Crippen LogP contribution in [0.1, 0.15) is 41.6 Å². The second kappa shape index (κ2) is 26.5. The first-order valence-corrected chi connectivity index (χ1v) is 29.4. The normalized spacial score (nSPS) is 12.2. The number of methoxy groups -OCH3 is 2. The van der Waals surface area contributed by atoms with Crippen LogP contribution in [-0.2, 0) is 47.0 Å². The second-order valence-electron chi connectivity index (χ2n) is 16.2. The third kappa shape index (κ3) is 18.6. The number of unbranched alkanes of at least 4 members (excludes halogenated alkanes) is 2. The number of hydrogen-bond acceptors (Lipinski definition) is 23. The number of nitrogens with zero attached hydrogens (tertiary/aromatic N) is 7. The van der Waals surface area contributed by atoms with Crippen LogP contribution in [0.3, 0.4) is 0 Å². The highest BCUT2D eigenvalue weighted by atomic mass is 35.5. The van der Waals surface area contributed by atoms with Crippen LogP contribution in [0, 0.1) is 0 Å². The lowest BCUT2D eigenvalue weighted by atomic mass is 10.1. The Morgan fingerprint density at radius 3 is 1.34 bits per heavy atom. The zero-order valence-corrected chi connectivity index (χ0v) is 45.8. The number of carbonyl (C=O) groups is 1. The Labute approximate surface area is 461 Å². The van der Waals surface area contributed by atoms with Gasteiger partial charge in [0.15, 0.2) is 0 Å². The Kier molecular flexibility index (Phi) is 20.4. The topological polar surface area (TPSA) is 416 Å². The van der Waals surface area contributed by atoms with Gasteiger partial charge in [0.05, 0.1) is 77.3 Å². The van der Waals surface area contributed by atoms with Crippen molar-refractivity contribution < 1.29 is 80.7 Å². The van der Waals surface area contributed by atoms with Crippen LogP contribution in [0.2, 0.25) is 10.0 Å². The average molecular weight is 1210 g/mol. The molecule has 8 N–H and O–H groups in total. The Hall–Kier alpha value is -7.40. The minimum atomic E-state index is -4.75. The van der Waals surface area contributed by atoms with Gasteiger partial charge < -0.3 is 40.0 Å². The average Bonchev–Trinajstić information content (AvgIpc) is 3.37. The van der Waals surface area contributed by atoms with Crippen molar-refractivity contribution in [2.75, 3.05) is 54.9 Å².